The van der Waals surface area contributed by atoms with Gasteiger partial charge in [-0.15, -0.1) is 0 Å². The first-order valence-electron chi connectivity index (χ1n) is 14.1. The number of rotatable bonds is 12. The molecule has 42 heavy (non-hydrogen) atoms. The number of aryl methyl sites for hydroxylation is 2. The fourth-order valence-corrected chi connectivity index (χ4v) is 6.10. The van der Waals surface area contributed by atoms with Gasteiger partial charge in [0.15, 0.2) is 0 Å². The zero-order valence-corrected chi connectivity index (χ0v) is 26.9. The lowest BCUT2D eigenvalue weighted by atomic mass is 10.00. The van der Waals surface area contributed by atoms with Crippen molar-refractivity contribution in [3.8, 4) is 0 Å². The molecule has 0 aliphatic heterocycles. The van der Waals surface area contributed by atoms with E-state index in [0.717, 1.165) is 22.3 Å². The number of hydrogen-bond donors (Lipinski definition) is 1. The molecule has 9 heteroatoms. The average molecular weight is 612 g/mol. The van der Waals surface area contributed by atoms with Crippen LogP contribution in [0.5, 0.6) is 0 Å². The Morgan fingerprint density at radius 1 is 0.905 bits per heavy atom. The Morgan fingerprint density at radius 3 is 2.10 bits per heavy atom. The van der Waals surface area contributed by atoms with Crippen LogP contribution < -0.4 is 9.62 Å². The van der Waals surface area contributed by atoms with E-state index in [1.54, 1.807) is 17.0 Å². The Hall–Kier alpha value is -3.36. The Balaban J connectivity index is 1.92. The largest absolute Gasteiger partial charge is 0.350 e. The van der Waals surface area contributed by atoms with E-state index in [1.807, 2.05) is 95.3 Å². The number of anilines is 1. The van der Waals surface area contributed by atoms with Crippen molar-refractivity contribution in [3.05, 3.63) is 100 Å². The molecule has 1 N–H and O–H groups in total. The predicted octanol–water partition coefficient (Wildman–Crippen LogP) is 6.06. The average Bonchev–Trinajstić information content (AvgIpc) is 2.86. The van der Waals surface area contributed by atoms with Gasteiger partial charge in [-0.2, -0.15) is 0 Å². The van der Waals surface area contributed by atoms with Gasteiger partial charge in [-0.1, -0.05) is 60.1 Å². The first-order valence-corrected chi connectivity index (χ1v) is 16.3. The van der Waals surface area contributed by atoms with Crippen LogP contribution >= 0.6 is 11.6 Å². The van der Waals surface area contributed by atoms with Crippen LogP contribution in [-0.4, -0.2) is 49.5 Å². The van der Waals surface area contributed by atoms with Crippen molar-refractivity contribution >= 4 is 39.1 Å². The maximum absolute atomic E-state index is 14.0. The number of hydrogen-bond acceptors (Lipinski definition) is 4. The van der Waals surface area contributed by atoms with E-state index in [9.17, 15) is 18.0 Å². The van der Waals surface area contributed by atoms with Crippen molar-refractivity contribution in [2.24, 2.45) is 0 Å². The first-order chi connectivity index (χ1) is 19.6. The lowest BCUT2D eigenvalue weighted by Crippen LogP contribution is -2.54. The zero-order chi connectivity index (χ0) is 31.1. The Kier molecular flexibility index (Phi) is 11.2. The summed E-state index contributed by atoms with van der Waals surface area (Å²) in [5.74, 6) is -0.497. The number of carbonyl (C=O) groups excluding carboxylic acids is 2. The van der Waals surface area contributed by atoms with Crippen LogP contribution in [0.1, 0.15) is 55.9 Å². The monoisotopic (exact) mass is 611 g/mol. The molecule has 1 atom stereocenters. The molecular formula is C33H42ClN3O4S. The second-order valence-corrected chi connectivity index (χ2v) is 14.2. The molecule has 0 aliphatic carbocycles. The molecule has 0 radical (unpaired) electrons. The summed E-state index contributed by atoms with van der Waals surface area (Å²) in [4.78, 5) is 29.3. The summed E-state index contributed by atoms with van der Waals surface area (Å²) >= 11 is 6.26. The third-order valence-electron chi connectivity index (χ3n) is 6.66. The summed E-state index contributed by atoms with van der Waals surface area (Å²) in [5.41, 5.74) is 3.70. The fraction of sp³-hybridized carbons (Fsp3) is 0.394. The van der Waals surface area contributed by atoms with Gasteiger partial charge >= 0.3 is 0 Å². The number of sulfonamides is 1. The van der Waals surface area contributed by atoms with E-state index in [1.165, 1.54) is 10.6 Å². The molecule has 0 unspecified atom stereocenters. The van der Waals surface area contributed by atoms with E-state index in [-0.39, 0.29) is 37.7 Å². The van der Waals surface area contributed by atoms with E-state index < -0.39 is 21.6 Å². The van der Waals surface area contributed by atoms with Crippen LogP contribution in [0, 0.1) is 13.8 Å². The normalized spacial score (nSPS) is 12.5. The van der Waals surface area contributed by atoms with Crippen LogP contribution in [0.25, 0.3) is 0 Å². The molecule has 0 saturated heterocycles. The molecule has 7 nitrogen and oxygen atoms in total. The molecule has 0 heterocycles. The van der Waals surface area contributed by atoms with Crippen molar-refractivity contribution < 1.29 is 18.0 Å². The molecule has 3 aromatic carbocycles. The summed E-state index contributed by atoms with van der Waals surface area (Å²) in [6.07, 6.45) is 1.84. The Morgan fingerprint density at radius 2 is 1.52 bits per heavy atom. The zero-order valence-electron chi connectivity index (χ0n) is 25.4. The van der Waals surface area contributed by atoms with E-state index in [0.29, 0.717) is 17.1 Å². The minimum Gasteiger partial charge on any atom is -0.350 e. The van der Waals surface area contributed by atoms with Gasteiger partial charge in [0.1, 0.15) is 6.04 Å². The molecule has 2 amide bonds. The number of nitrogens with one attached hydrogen (secondary N) is 1. The smallest absolute Gasteiger partial charge is 0.243 e. The van der Waals surface area contributed by atoms with Crippen LogP contribution in [0.4, 0.5) is 5.69 Å². The molecule has 0 aromatic heterocycles. The molecule has 0 spiro atoms. The lowest BCUT2D eigenvalue weighted by molar-refractivity contribution is -0.142. The quantitative estimate of drug-likeness (QED) is 0.270. The third kappa shape index (κ3) is 10.2. The number of amides is 2. The molecule has 3 aromatic rings. The minimum atomic E-state index is -3.58. The predicted molar refractivity (Wildman–Crippen MR) is 171 cm³/mol. The second-order valence-electron chi connectivity index (χ2n) is 11.9. The van der Waals surface area contributed by atoms with Crippen LogP contribution in [-0.2, 0) is 32.6 Å². The summed E-state index contributed by atoms with van der Waals surface area (Å²) < 4.78 is 26.8. The van der Waals surface area contributed by atoms with E-state index in [4.69, 9.17) is 11.6 Å². The van der Waals surface area contributed by atoms with Crippen LogP contribution in [0.2, 0.25) is 5.02 Å². The Labute approximate surface area is 255 Å². The van der Waals surface area contributed by atoms with Gasteiger partial charge in [0.2, 0.25) is 21.8 Å². The highest BCUT2D eigenvalue weighted by molar-refractivity contribution is 7.92. The fourth-order valence-electron chi connectivity index (χ4n) is 4.94. The maximum Gasteiger partial charge on any atom is 0.243 e. The summed E-state index contributed by atoms with van der Waals surface area (Å²) in [5, 5.41) is 3.59. The standard InChI is InChI=1S/C33H42ClN3O4S/c1-24-18-25(2)20-29(19-24)37(42(6,40)41)17-11-16-31(38)36(23-27-14-10-15-28(34)21-27)30(32(39)35-33(3,4)5)22-26-12-8-7-9-13-26/h7-10,12-15,18-21,30H,11,16-17,22-23H2,1-6H3,(H,35,39)/t30-/m1/s1. The van der Waals surface area contributed by atoms with E-state index >= 15 is 0 Å². The van der Waals surface area contributed by atoms with Gasteiger partial charge in [-0.3, -0.25) is 13.9 Å². The lowest BCUT2D eigenvalue weighted by Gasteiger charge is -2.34. The van der Waals surface area contributed by atoms with Gasteiger partial charge in [0.05, 0.1) is 11.9 Å². The SMILES string of the molecule is Cc1cc(C)cc(N(CCCC(=O)N(Cc2cccc(Cl)c2)[C@H](Cc2ccccc2)C(=O)NC(C)(C)C)S(C)(=O)=O)c1. The third-order valence-corrected chi connectivity index (χ3v) is 8.09. The highest BCUT2D eigenvalue weighted by Crippen LogP contribution is 2.23. The topological polar surface area (TPSA) is 86.8 Å². The number of benzene rings is 3. The first kappa shape index (κ1) is 33.1. The van der Waals surface area contributed by atoms with E-state index in [2.05, 4.69) is 5.32 Å². The van der Waals surface area contributed by atoms with Gasteiger partial charge < -0.3 is 10.2 Å². The van der Waals surface area contributed by atoms with Gasteiger partial charge in [-0.25, -0.2) is 8.42 Å². The van der Waals surface area contributed by atoms with Crippen LogP contribution in [0.3, 0.4) is 0 Å². The molecule has 226 valence electrons. The molecule has 0 saturated carbocycles. The number of carbonyl (C=O) groups is 2. The maximum atomic E-state index is 14.0. The molecule has 3 rings (SSSR count). The second kappa shape index (κ2) is 14.2. The molecule has 0 fully saturated rings. The van der Waals surface area contributed by atoms with Crippen LogP contribution in [0.15, 0.2) is 72.8 Å². The summed E-state index contributed by atoms with van der Waals surface area (Å²) in [6.45, 7) is 9.87. The van der Waals surface area contributed by atoms with Crippen molar-refractivity contribution in [1.82, 2.24) is 10.2 Å². The minimum absolute atomic E-state index is 0.0610. The van der Waals surface area contributed by atoms with Crippen molar-refractivity contribution in [2.75, 3.05) is 17.1 Å². The van der Waals surface area contributed by atoms with Crippen molar-refractivity contribution in [3.63, 3.8) is 0 Å². The molecular weight excluding hydrogens is 570 g/mol. The summed E-state index contributed by atoms with van der Waals surface area (Å²) in [7, 11) is -3.58. The molecule has 0 bridgehead atoms. The molecule has 0 aliphatic rings. The number of nitrogens with zero attached hydrogens (tertiary/aromatic N) is 2. The highest BCUT2D eigenvalue weighted by atomic mass is 35.5. The Bertz CT molecular complexity index is 1470. The summed E-state index contributed by atoms with van der Waals surface area (Å²) in [6, 6.07) is 21.7. The highest BCUT2D eigenvalue weighted by Gasteiger charge is 2.32. The van der Waals surface area contributed by atoms with Gasteiger partial charge in [0, 0.05) is 36.5 Å². The van der Waals surface area contributed by atoms with Gasteiger partial charge in [-0.05, 0) is 87.6 Å². The van der Waals surface area contributed by atoms with Gasteiger partial charge in [0.25, 0.3) is 0 Å². The van der Waals surface area contributed by atoms with Crippen molar-refractivity contribution in [2.45, 2.75) is 72.0 Å². The number of halogens is 1. The van der Waals surface area contributed by atoms with Crippen molar-refractivity contribution in [1.29, 1.82) is 0 Å².